The smallest absolute Gasteiger partial charge is 0.123 e. The fourth-order valence-electron chi connectivity index (χ4n) is 5.04. The van der Waals surface area contributed by atoms with Crippen LogP contribution in [0.3, 0.4) is 0 Å². The van der Waals surface area contributed by atoms with Gasteiger partial charge in [0.2, 0.25) is 0 Å². The Kier molecular flexibility index (Phi) is 2.07. The molecule has 1 heteroatoms. The highest BCUT2D eigenvalue weighted by Gasteiger charge is 2.53. The van der Waals surface area contributed by atoms with Crippen LogP contribution in [0.5, 0.6) is 0 Å². The van der Waals surface area contributed by atoms with Crippen molar-refractivity contribution in [2.75, 3.05) is 0 Å². The molecule has 2 unspecified atom stereocenters. The van der Waals surface area contributed by atoms with Gasteiger partial charge in [-0.3, -0.25) is 0 Å². The van der Waals surface area contributed by atoms with Crippen LogP contribution in [0.25, 0.3) is 0 Å². The lowest BCUT2D eigenvalue weighted by atomic mass is 9.47. The van der Waals surface area contributed by atoms with Crippen LogP contribution in [0, 0.1) is 23.6 Å². The minimum Gasteiger partial charge on any atom is -0.207 e. The van der Waals surface area contributed by atoms with E-state index in [9.17, 15) is 4.39 Å². The second-order valence-corrected chi connectivity index (χ2v) is 6.71. The van der Waals surface area contributed by atoms with E-state index < -0.39 is 0 Å². The van der Waals surface area contributed by atoms with Crippen molar-refractivity contribution in [1.82, 2.24) is 0 Å². The third-order valence-electron chi connectivity index (χ3n) is 5.69. The first-order valence-corrected chi connectivity index (χ1v) is 7.11. The Bertz CT molecular complexity index is 481. The molecule has 4 saturated carbocycles. The van der Waals surface area contributed by atoms with Gasteiger partial charge in [-0.2, -0.15) is 0 Å². The van der Waals surface area contributed by atoms with Gasteiger partial charge in [0.1, 0.15) is 5.82 Å². The summed E-state index contributed by atoms with van der Waals surface area (Å²) in [6, 6.07) is 7.29. The molecule has 0 radical (unpaired) electrons. The van der Waals surface area contributed by atoms with Crippen LogP contribution in [0.1, 0.15) is 37.7 Å². The van der Waals surface area contributed by atoms with Crippen molar-refractivity contribution in [3.05, 3.63) is 47.8 Å². The zero-order valence-electron chi connectivity index (χ0n) is 10.7. The lowest BCUT2D eigenvalue weighted by molar-refractivity contribution is 0.0407. The summed E-state index contributed by atoms with van der Waals surface area (Å²) in [5.74, 6) is 2.24. The monoisotopic (exact) mass is 242 g/mol. The lowest BCUT2D eigenvalue weighted by Gasteiger charge is -2.58. The van der Waals surface area contributed by atoms with Gasteiger partial charge in [-0.25, -0.2) is 4.39 Å². The van der Waals surface area contributed by atoms with Gasteiger partial charge in [-0.1, -0.05) is 24.3 Å². The standard InChI is InChI=1S/C17H19F/c1-11-13-6-12-7-14(11)10-17(8-12,9-13)15-2-4-16(18)5-3-15/h2-5,12-14H,1,6-10H2/t12?,13-,14+,17?. The Labute approximate surface area is 108 Å². The molecule has 0 spiro atoms. The first-order valence-electron chi connectivity index (χ1n) is 7.11. The fourth-order valence-corrected chi connectivity index (χ4v) is 5.04. The van der Waals surface area contributed by atoms with Crippen molar-refractivity contribution in [1.29, 1.82) is 0 Å². The molecule has 4 fully saturated rings. The van der Waals surface area contributed by atoms with Gasteiger partial charge in [0, 0.05) is 0 Å². The number of benzene rings is 1. The summed E-state index contributed by atoms with van der Waals surface area (Å²) in [5.41, 5.74) is 3.23. The Balaban J connectivity index is 1.76. The van der Waals surface area contributed by atoms with Crippen molar-refractivity contribution >= 4 is 0 Å². The topological polar surface area (TPSA) is 0 Å². The highest BCUT2D eigenvalue weighted by Crippen LogP contribution is 2.62. The Morgan fingerprint density at radius 3 is 2.22 bits per heavy atom. The normalized spacial score (nSPS) is 41.4. The highest BCUT2D eigenvalue weighted by molar-refractivity contribution is 5.33. The first-order chi connectivity index (χ1) is 8.66. The van der Waals surface area contributed by atoms with E-state index in [0.29, 0.717) is 5.41 Å². The van der Waals surface area contributed by atoms with Crippen molar-refractivity contribution in [3.8, 4) is 0 Å². The van der Waals surface area contributed by atoms with Crippen LogP contribution >= 0.6 is 0 Å². The van der Waals surface area contributed by atoms with E-state index in [0.717, 1.165) is 17.8 Å². The average Bonchev–Trinajstić information content (AvgIpc) is 2.35. The maximum absolute atomic E-state index is 13.1. The zero-order valence-corrected chi connectivity index (χ0v) is 10.7. The minimum atomic E-state index is -0.118. The maximum atomic E-state index is 13.1. The van der Waals surface area contributed by atoms with E-state index in [4.69, 9.17) is 0 Å². The second-order valence-electron chi connectivity index (χ2n) is 6.71. The highest BCUT2D eigenvalue weighted by atomic mass is 19.1. The Morgan fingerprint density at radius 2 is 1.61 bits per heavy atom. The first kappa shape index (κ1) is 10.8. The Hall–Kier alpha value is -1.11. The SMILES string of the molecule is C=C1[C@@H]2CC3C[C@H]1CC(c1ccc(F)cc1)(C3)C2. The molecule has 94 valence electrons. The van der Waals surface area contributed by atoms with Crippen LogP contribution in [0.15, 0.2) is 36.4 Å². The van der Waals surface area contributed by atoms with Gasteiger partial charge in [-0.05, 0) is 73.0 Å². The third kappa shape index (κ3) is 1.36. The van der Waals surface area contributed by atoms with Gasteiger partial charge in [0.05, 0.1) is 0 Å². The summed E-state index contributed by atoms with van der Waals surface area (Å²) in [6.45, 7) is 4.33. The molecule has 18 heavy (non-hydrogen) atoms. The lowest BCUT2D eigenvalue weighted by Crippen LogP contribution is -2.49. The molecule has 4 bridgehead atoms. The molecule has 0 heterocycles. The van der Waals surface area contributed by atoms with Crippen LogP contribution in [0.2, 0.25) is 0 Å². The molecule has 0 aromatic heterocycles. The maximum Gasteiger partial charge on any atom is 0.123 e. The van der Waals surface area contributed by atoms with Gasteiger partial charge >= 0.3 is 0 Å². The van der Waals surface area contributed by atoms with E-state index in [-0.39, 0.29) is 5.82 Å². The van der Waals surface area contributed by atoms with Gasteiger partial charge in [0.25, 0.3) is 0 Å². The molecule has 0 amide bonds. The molecule has 0 nitrogen and oxygen atoms in total. The summed E-state index contributed by atoms with van der Waals surface area (Å²) >= 11 is 0. The van der Waals surface area contributed by atoms with Gasteiger partial charge in [0.15, 0.2) is 0 Å². The summed E-state index contributed by atoms with van der Waals surface area (Å²) < 4.78 is 13.1. The fraction of sp³-hybridized carbons (Fsp3) is 0.529. The van der Waals surface area contributed by atoms with Crippen molar-refractivity contribution < 1.29 is 4.39 Å². The predicted molar refractivity (Wildman–Crippen MR) is 70.8 cm³/mol. The molecule has 4 atom stereocenters. The number of halogens is 1. The van der Waals surface area contributed by atoms with E-state index in [1.165, 1.54) is 43.2 Å². The number of rotatable bonds is 1. The third-order valence-corrected chi connectivity index (χ3v) is 5.69. The van der Waals surface area contributed by atoms with Crippen molar-refractivity contribution in [3.63, 3.8) is 0 Å². The average molecular weight is 242 g/mol. The minimum absolute atomic E-state index is 0.118. The molecule has 5 rings (SSSR count). The van der Waals surface area contributed by atoms with Crippen LogP contribution < -0.4 is 0 Å². The zero-order chi connectivity index (χ0) is 12.3. The van der Waals surface area contributed by atoms with E-state index in [1.807, 2.05) is 12.1 Å². The van der Waals surface area contributed by atoms with Crippen LogP contribution in [-0.4, -0.2) is 0 Å². The van der Waals surface area contributed by atoms with E-state index >= 15 is 0 Å². The van der Waals surface area contributed by atoms with Gasteiger partial charge < -0.3 is 0 Å². The number of hydrogen-bond donors (Lipinski definition) is 0. The van der Waals surface area contributed by atoms with Crippen LogP contribution in [-0.2, 0) is 5.41 Å². The molecule has 0 saturated heterocycles. The summed E-state index contributed by atoms with van der Waals surface area (Å²) in [6.07, 6.45) is 6.55. The molecular formula is C17H19F. The number of hydrogen-bond acceptors (Lipinski definition) is 0. The molecular weight excluding hydrogens is 223 g/mol. The van der Waals surface area contributed by atoms with Crippen LogP contribution in [0.4, 0.5) is 4.39 Å². The van der Waals surface area contributed by atoms with E-state index in [2.05, 4.69) is 6.58 Å². The van der Waals surface area contributed by atoms with Crippen molar-refractivity contribution in [2.45, 2.75) is 37.5 Å². The summed E-state index contributed by atoms with van der Waals surface area (Å²) in [5, 5.41) is 0. The molecule has 0 N–H and O–H groups in total. The molecule has 1 aromatic rings. The summed E-state index contributed by atoms with van der Waals surface area (Å²) in [4.78, 5) is 0. The predicted octanol–water partition coefficient (Wildman–Crippen LogP) is 4.46. The largest absolute Gasteiger partial charge is 0.207 e. The molecule has 0 aliphatic heterocycles. The van der Waals surface area contributed by atoms with Gasteiger partial charge in [-0.15, -0.1) is 0 Å². The second kappa shape index (κ2) is 3.46. The van der Waals surface area contributed by atoms with E-state index in [1.54, 1.807) is 12.1 Å². The Morgan fingerprint density at radius 1 is 1.00 bits per heavy atom. The molecule has 4 aliphatic carbocycles. The molecule has 4 aliphatic rings. The number of allylic oxidation sites excluding steroid dienone is 1. The summed E-state index contributed by atoms with van der Waals surface area (Å²) in [7, 11) is 0. The molecule has 1 aromatic carbocycles. The van der Waals surface area contributed by atoms with Crippen molar-refractivity contribution in [2.24, 2.45) is 17.8 Å². The quantitative estimate of drug-likeness (QED) is 0.638.